The van der Waals surface area contributed by atoms with Crippen molar-refractivity contribution in [2.75, 3.05) is 0 Å². The normalized spacial score (nSPS) is 10.3. The number of aryl methyl sites for hydroxylation is 3. The molecule has 2 aromatic rings. The lowest BCUT2D eigenvalue weighted by molar-refractivity contribution is 0.0950. The second-order valence-corrected chi connectivity index (χ2v) is 4.93. The van der Waals surface area contributed by atoms with Crippen LogP contribution in [0.25, 0.3) is 0 Å². The molecule has 0 radical (unpaired) electrons. The van der Waals surface area contributed by atoms with Gasteiger partial charge in [-0.3, -0.25) is 4.79 Å². The van der Waals surface area contributed by atoms with Gasteiger partial charge in [0.15, 0.2) is 0 Å². The zero-order chi connectivity index (χ0) is 13.8. The summed E-state index contributed by atoms with van der Waals surface area (Å²) >= 11 is 0. The summed E-state index contributed by atoms with van der Waals surface area (Å²) in [4.78, 5) is 12.2. The molecule has 0 aliphatic rings. The Bertz CT molecular complexity index is 602. The van der Waals surface area contributed by atoms with Gasteiger partial charge >= 0.3 is 0 Å². The highest BCUT2D eigenvalue weighted by molar-refractivity contribution is 5.95. The molecule has 0 aliphatic carbocycles. The molecule has 0 heterocycles. The first-order valence-electron chi connectivity index (χ1n) is 6.48. The van der Waals surface area contributed by atoms with Gasteiger partial charge in [0.05, 0.1) is 0 Å². The molecule has 2 nitrogen and oxygen atoms in total. The molecule has 0 saturated carbocycles. The topological polar surface area (TPSA) is 29.1 Å². The average molecular weight is 253 g/mol. The van der Waals surface area contributed by atoms with Crippen LogP contribution in [0.3, 0.4) is 0 Å². The lowest BCUT2D eigenvalue weighted by Gasteiger charge is -2.10. The number of nitrogens with one attached hydrogen (secondary N) is 1. The number of benzene rings is 2. The molecule has 0 aliphatic heterocycles. The Morgan fingerprint density at radius 2 is 1.74 bits per heavy atom. The average Bonchev–Trinajstić information content (AvgIpc) is 2.40. The van der Waals surface area contributed by atoms with Gasteiger partial charge in [0.2, 0.25) is 0 Å². The summed E-state index contributed by atoms with van der Waals surface area (Å²) in [5.41, 5.74) is 5.22. The Kier molecular flexibility index (Phi) is 4.00. The number of amides is 1. The van der Waals surface area contributed by atoms with Crippen LogP contribution in [0, 0.1) is 20.8 Å². The molecule has 2 aromatic carbocycles. The van der Waals surface area contributed by atoms with Crippen molar-refractivity contribution in [2.24, 2.45) is 0 Å². The molecular weight excluding hydrogens is 234 g/mol. The van der Waals surface area contributed by atoms with Crippen LogP contribution < -0.4 is 5.32 Å². The fraction of sp³-hybridized carbons (Fsp3) is 0.235. The van der Waals surface area contributed by atoms with Crippen LogP contribution in [0.15, 0.2) is 42.5 Å². The van der Waals surface area contributed by atoms with Crippen LogP contribution in [0.4, 0.5) is 0 Å². The van der Waals surface area contributed by atoms with E-state index in [0.29, 0.717) is 6.54 Å². The first-order chi connectivity index (χ1) is 9.08. The summed E-state index contributed by atoms with van der Waals surface area (Å²) in [6.45, 7) is 6.58. The van der Waals surface area contributed by atoms with E-state index in [1.165, 1.54) is 5.56 Å². The third-order valence-electron chi connectivity index (χ3n) is 3.34. The predicted molar refractivity (Wildman–Crippen MR) is 78.3 cm³/mol. The maximum Gasteiger partial charge on any atom is 0.251 e. The van der Waals surface area contributed by atoms with E-state index >= 15 is 0 Å². The summed E-state index contributed by atoms with van der Waals surface area (Å²) in [5.74, 6) is -0.00977. The van der Waals surface area contributed by atoms with E-state index in [1.807, 2.05) is 50.2 Å². The molecule has 1 N–H and O–H groups in total. The standard InChI is InChI=1S/C17H19NO/c1-12-8-9-14(3)16(10-12)17(19)18-11-15-7-5-4-6-13(15)2/h4-10H,11H2,1-3H3,(H,18,19). The van der Waals surface area contributed by atoms with Crippen molar-refractivity contribution in [3.05, 3.63) is 70.3 Å². The van der Waals surface area contributed by atoms with E-state index in [-0.39, 0.29) is 5.91 Å². The monoisotopic (exact) mass is 253 g/mol. The smallest absolute Gasteiger partial charge is 0.251 e. The molecule has 0 bridgehead atoms. The molecule has 0 aromatic heterocycles. The Balaban J connectivity index is 2.10. The van der Waals surface area contributed by atoms with Crippen LogP contribution in [0.5, 0.6) is 0 Å². The SMILES string of the molecule is Cc1ccc(C)c(C(=O)NCc2ccccc2C)c1. The first kappa shape index (κ1) is 13.3. The van der Waals surface area contributed by atoms with E-state index < -0.39 is 0 Å². The lowest BCUT2D eigenvalue weighted by atomic mass is 10.0. The first-order valence-corrected chi connectivity index (χ1v) is 6.48. The highest BCUT2D eigenvalue weighted by Gasteiger charge is 2.09. The quantitative estimate of drug-likeness (QED) is 0.890. The van der Waals surface area contributed by atoms with Crippen molar-refractivity contribution >= 4 is 5.91 Å². The van der Waals surface area contributed by atoms with Gasteiger partial charge in [0.25, 0.3) is 5.91 Å². The van der Waals surface area contributed by atoms with Crippen LogP contribution in [0.2, 0.25) is 0 Å². The third-order valence-corrected chi connectivity index (χ3v) is 3.34. The highest BCUT2D eigenvalue weighted by atomic mass is 16.1. The minimum atomic E-state index is -0.00977. The molecule has 19 heavy (non-hydrogen) atoms. The van der Waals surface area contributed by atoms with Crippen molar-refractivity contribution in [3.63, 3.8) is 0 Å². The Hall–Kier alpha value is -2.09. The summed E-state index contributed by atoms with van der Waals surface area (Å²) in [7, 11) is 0. The van der Waals surface area contributed by atoms with Crippen LogP contribution in [0.1, 0.15) is 32.6 Å². The third kappa shape index (κ3) is 3.22. The second-order valence-electron chi connectivity index (χ2n) is 4.93. The van der Waals surface area contributed by atoms with Gasteiger partial charge in [0, 0.05) is 12.1 Å². The van der Waals surface area contributed by atoms with Gasteiger partial charge in [-0.2, -0.15) is 0 Å². The number of carbonyl (C=O) groups is 1. The molecule has 0 fully saturated rings. The maximum absolute atomic E-state index is 12.2. The van der Waals surface area contributed by atoms with E-state index in [0.717, 1.165) is 22.3 Å². The molecular formula is C17H19NO. The van der Waals surface area contributed by atoms with E-state index in [2.05, 4.69) is 18.3 Å². The molecule has 1 amide bonds. The summed E-state index contributed by atoms with van der Waals surface area (Å²) in [6.07, 6.45) is 0. The van der Waals surface area contributed by atoms with Gasteiger partial charge in [0.1, 0.15) is 0 Å². The van der Waals surface area contributed by atoms with Crippen LogP contribution in [-0.4, -0.2) is 5.91 Å². The van der Waals surface area contributed by atoms with Gasteiger partial charge in [-0.25, -0.2) is 0 Å². The van der Waals surface area contributed by atoms with Crippen molar-refractivity contribution in [1.29, 1.82) is 0 Å². The largest absolute Gasteiger partial charge is 0.348 e. The highest BCUT2D eigenvalue weighted by Crippen LogP contribution is 2.11. The molecule has 98 valence electrons. The zero-order valence-corrected chi connectivity index (χ0v) is 11.7. The fourth-order valence-corrected chi connectivity index (χ4v) is 2.06. The Labute approximate surface area is 114 Å². The molecule has 2 heteroatoms. The van der Waals surface area contributed by atoms with Gasteiger partial charge in [-0.1, -0.05) is 42.0 Å². The van der Waals surface area contributed by atoms with E-state index in [1.54, 1.807) is 0 Å². The van der Waals surface area contributed by atoms with E-state index in [4.69, 9.17) is 0 Å². The molecule has 0 atom stereocenters. The number of hydrogen-bond acceptors (Lipinski definition) is 1. The Morgan fingerprint density at radius 1 is 1.00 bits per heavy atom. The number of rotatable bonds is 3. The predicted octanol–water partition coefficient (Wildman–Crippen LogP) is 3.54. The minimum absolute atomic E-state index is 0.00977. The minimum Gasteiger partial charge on any atom is -0.348 e. The number of carbonyl (C=O) groups excluding carboxylic acids is 1. The number of hydrogen-bond donors (Lipinski definition) is 1. The summed E-state index contributed by atoms with van der Waals surface area (Å²) < 4.78 is 0. The van der Waals surface area contributed by atoms with Gasteiger partial charge in [-0.15, -0.1) is 0 Å². The zero-order valence-electron chi connectivity index (χ0n) is 11.7. The van der Waals surface area contributed by atoms with Crippen LogP contribution >= 0.6 is 0 Å². The molecule has 0 saturated heterocycles. The Morgan fingerprint density at radius 3 is 2.47 bits per heavy atom. The molecule has 0 unspecified atom stereocenters. The van der Waals surface area contributed by atoms with Crippen molar-refractivity contribution in [2.45, 2.75) is 27.3 Å². The van der Waals surface area contributed by atoms with Crippen LogP contribution in [-0.2, 0) is 6.54 Å². The van der Waals surface area contributed by atoms with Gasteiger partial charge in [-0.05, 0) is 43.5 Å². The second kappa shape index (κ2) is 5.70. The molecule has 0 spiro atoms. The van der Waals surface area contributed by atoms with E-state index in [9.17, 15) is 4.79 Å². The molecule has 2 rings (SSSR count). The maximum atomic E-state index is 12.2. The van der Waals surface area contributed by atoms with Crippen molar-refractivity contribution in [1.82, 2.24) is 5.32 Å². The van der Waals surface area contributed by atoms with Gasteiger partial charge < -0.3 is 5.32 Å². The summed E-state index contributed by atoms with van der Waals surface area (Å²) in [5, 5.41) is 2.99. The van der Waals surface area contributed by atoms with Crippen molar-refractivity contribution < 1.29 is 4.79 Å². The summed E-state index contributed by atoms with van der Waals surface area (Å²) in [6, 6.07) is 14.0. The van der Waals surface area contributed by atoms with Crippen molar-refractivity contribution in [3.8, 4) is 0 Å². The lowest BCUT2D eigenvalue weighted by Crippen LogP contribution is -2.24. The fourth-order valence-electron chi connectivity index (χ4n) is 2.06.